The van der Waals surface area contributed by atoms with Crippen molar-refractivity contribution in [2.45, 2.75) is 32.4 Å². The topological polar surface area (TPSA) is 19.4 Å². The lowest BCUT2D eigenvalue weighted by Gasteiger charge is -2.41. The average Bonchev–Trinajstić information content (AvgIpc) is 2.72. The summed E-state index contributed by atoms with van der Waals surface area (Å²) in [6, 6.07) is 24.0. The molecule has 0 radical (unpaired) electrons. The summed E-state index contributed by atoms with van der Waals surface area (Å²) in [5.74, 6) is 0. The third-order valence-electron chi connectivity index (χ3n) is 5.39. The van der Waals surface area contributed by atoms with Crippen molar-refractivity contribution in [1.82, 2.24) is 9.88 Å². The lowest BCUT2D eigenvalue weighted by Crippen LogP contribution is -2.41. The van der Waals surface area contributed by atoms with E-state index in [0.29, 0.717) is 6.04 Å². The van der Waals surface area contributed by atoms with Gasteiger partial charge in [-0.3, -0.25) is 4.98 Å². The molecule has 1 aliphatic heterocycles. The first kappa shape index (κ1) is 18.3. The number of aromatic nitrogens is 1. The molecule has 3 heteroatoms. The molecule has 0 bridgehead atoms. The van der Waals surface area contributed by atoms with Gasteiger partial charge in [0.05, 0.1) is 0 Å². The Morgan fingerprint density at radius 3 is 2.21 bits per heavy atom. The molecular weight excluding hydrogens is 342 g/mol. The number of likely N-dealkylation sites (tertiary alicyclic amines) is 1. The lowest BCUT2D eigenvalue weighted by molar-refractivity contribution is 0.266. The first-order valence-corrected chi connectivity index (χ1v) is 9.93. The molecule has 3 nitrogen and oxygen atoms in total. The van der Waals surface area contributed by atoms with Crippen LogP contribution in [0.4, 0.5) is 11.4 Å². The minimum atomic E-state index is 0.407. The molecule has 0 amide bonds. The maximum atomic E-state index is 4.41. The summed E-state index contributed by atoms with van der Waals surface area (Å²) in [7, 11) is 0. The predicted molar refractivity (Wildman–Crippen MR) is 117 cm³/mol. The van der Waals surface area contributed by atoms with Crippen LogP contribution in [-0.2, 0) is 6.54 Å². The highest BCUT2D eigenvalue weighted by Crippen LogP contribution is 2.34. The van der Waals surface area contributed by atoms with Gasteiger partial charge in [0.1, 0.15) is 0 Å². The fraction of sp³-hybridized carbons (Fsp3) is 0.240. The quantitative estimate of drug-likeness (QED) is 0.574. The third kappa shape index (κ3) is 4.09. The zero-order valence-corrected chi connectivity index (χ0v) is 16.5. The van der Waals surface area contributed by atoms with E-state index in [2.05, 4.69) is 95.0 Å². The van der Waals surface area contributed by atoms with Crippen LogP contribution in [-0.4, -0.2) is 22.5 Å². The minimum absolute atomic E-state index is 0.407. The van der Waals surface area contributed by atoms with E-state index in [1.54, 1.807) is 0 Å². The molecule has 0 spiro atoms. The van der Waals surface area contributed by atoms with Crippen molar-refractivity contribution in [2.75, 3.05) is 11.4 Å². The molecule has 4 rings (SSSR count). The van der Waals surface area contributed by atoms with Gasteiger partial charge in [0.15, 0.2) is 0 Å². The van der Waals surface area contributed by atoms with E-state index in [-0.39, 0.29) is 0 Å². The number of anilines is 2. The Balaban J connectivity index is 1.53. The summed E-state index contributed by atoms with van der Waals surface area (Å²) in [6.45, 7) is 8.40. The second-order valence-electron chi connectivity index (χ2n) is 7.55. The highest BCUT2D eigenvalue weighted by atomic mass is 15.2. The van der Waals surface area contributed by atoms with E-state index in [1.807, 2.05) is 12.4 Å². The highest BCUT2D eigenvalue weighted by Gasteiger charge is 2.28. The molecule has 1 atom stereocenters. The molecule has 2 heterocycles. The minimum Gasteiger partial charge on any atom is -0.371 e. The van der Waals surface area contributed by atoms with E-state index < -0.39 is 0 Å². The van der Waals surface area contributed by atoms with Gasteiger partial charge in [-0.2, -0.15) is 0 Å². The van der Waals surface area contributed by atoms with Crippen molar-refractivity contribution < 1.29 is 0 Å². The summed E-state index contributed by atoms with van der Waals surface area (Å²) in [4.78, 5) is 9.21. The summed E-state index contributed by atoms with van der Waals surface area (Å²) in [5, 5.41) is 0. The summed E-state index contributed by atoms with van der Waals surface area (Å²) < 4.78 is 0. The van der Waals surface area contributed by atoms with Crippen LogP contribution in [0.3, 0.4) is 0 Å². The molecule has 0 saturated carbocycles. The molecule has 1 aromatic heterocycles. The Kier molecular flexibility index (Phi) is 5.43. The van der Waals surface area contributed by atoms with E-state index in [0.717, 1.165) is 25.9 Å². The SMILES string of the molecule is C=C1CC(N(c2ccccc2)c2ccccc2)CCN1Cc1cncc(C)c1. The fourth-order valence-electron chi connectivity index (χ4n) is 4.05. The van der Waals surface area contributed by atoms with Crippen LogP contribution < -0.4 is 4.90 Å². The Labute approximate surface area is 168 Å². The van der Waals surface area contributed by atoms with Crippen LogP contribution in [0.15, 0.2) is 91.4 Å². The molecule has 0 aliphatic carbocycles. The predicted octanol–water partition coefficient (Wildman–Crippen LogP) is 5.71. The first-order valence-electron chi connectivity index (χ1n) is 9.93. The smallest absolute Gasteiger partial charge is 0.0441 e. The number of benzene rings is 2. The van der Waals surface area contributed by atoms with Crippen molar-refractivity contribution in [3.8, 4) is 0 Å². The van der Waals surface area contributed by atoms with Crippen LogP contribution in [0.1, 0.15) is 24.0 Å². The Morgan fingerprint density at radius 2 is 1.64 bits per heavy atom. The molecule has 1 unspecified atom stereocenters. The van der Waals surface area contributed by atoms with Crippen LogP contribution >= 0.6 is 0 Å². The van der Waals surface area contributed by atoms with Crippen molar-refractivity contribution in [2.24, 2.45) is 0 Å². The molecule has 1 fully saturated rings. The zero-order chi connectivity index (χ0) is 19.3. The van der Waals surface area contributed by atoms with Gasteiger partial charge in [0.25, 0.3) is 0 Å². The van der Waals surface area contributed by atoms with Crippen LogP contribution in [0.25, 0.3) is 0 Å². The van der Waals surface area contributed by atoms with E-state index >= 15 is 0 Å². The maximum Gasteiger partial charge on any atom is 0.0441 e. The number of aryl methyl sites for hydroxylation is 1. The number of hydrogen-bond acceptors (Lipinski definition) is 3. The highest BCUT2D eigenvalue weighted by molar-refractivity contribution is 5.64. The maximum absolute atomic E-state index is 4.41. The van der Waals surface area contributed by atoms with E-state index in [4.69, 9.17) is 0 Å². The van der Waals surface area contributed by atoms with Gasteiger partial charge >= 0.3 is 0 Å². The first-order chi connectivity index (χ1) is 13.7. The van der Waals surface area contributed by atoms with Crippen LogP contribution in [0.2, 0.25) is 0 Å². The number of rotatable bonds is 5. The summed E-state index contributed by atoms with van der Waals surface area (Å²) in [5.41, 5.74) is 6.14. The number of piperidine rings is 1. The van der Waals surface area contributed by atoms with Crippen molar-refractivity contribution in [1.29, 1.82) is 0 Å². The Bertz CT molecular complexity index is 881. The molecule has 1 saturated heterocycles. The molecule has 0 N–H and O–H groups in total. The second kappa shape index (κ2) is 8.30. The van der Waals surface area contributed by atoms with Crippen molar-refractivity contribution in [3.05, 3.63) is 103 Å². The van der Waals surface area contributed by atoms with Crippen molar-refractivity contribution >= 4 is 11.4 Å². The van der Waals surface area contributed by atoms with Gasteiger partial charge in [-0.1, -0.05) is 49.0 Å². The van der Waals surface area contributed by atoms with Gasteiger partial charge in [-0.05, 0) is 48.7 Å². The molecular formula is C25H27N3. The van der Waals surface area contributed by atoms with Gasteiger partial charge in [0, 0.05) is 55.0 Å². The lowest BCUT2D eigenvalue weighted by atomic mass is 9.98. The molecule has 142 valence electrons. The number of hydrogen-bond donors (Lipinski definition) is 0. The average molecular weight is 370 g/mol. The normalized spacial score (nSPS) is 16.8. The van der Waals surface area contributed by atoms with Gasteiger partial charge in [0.2, 0.25) is 0 Å². The number of nitrogens with zero attached hydrogens (tertiary/aromatic N) is 3. The van der Waals surface area contributed by atoms with E-state index in [9.17, 15) is 0 Å². The fourth-order valence-corrected chi connectivity index (χ4v) is 4.05. The largest absolute Gasteiger partial charge is 0.371 e. The summed E-state index contributed by atoms with van der Waals surface area (Å²) in [6.07, 6.45) is 5.93. The van der Waals surface area contributed by atoms with Crippen molar-refractivity contribution in [3.63, 3.8) is 0 Å². The monoisotopic (exact) mass is 369 g/mol. The summed E-state index contributed by atoms with van der Waals surface area (Å²) >= 11 is 0. The second-order valence-corrected chi connectivity index (χ2v) is 7.55. The number of para-hydroxylation sites is 2. The third-order valence-corrected chi connectivity index (χ3v) is 5.39. The number of pyridine rings is 1. The molecule has 2 aromatic carbocycles. The standard InChI is InChI=1S/C25H27N3/c1-20-15-22(18-26-17-20)19-27-14-13-25(16-21(27)2)28(23-9-5-3-6-10-23)24-11-7-4-8-12-24/h3-12,15,17-18,25H,2,13-14,16,19H2,1H3. The molecule has 3 aromatic rings. The van der Waals surface area contributed by atoms with Crippen LogP contribution in [0, 0.1) is 6.92 Å². The van der Waals surface area contributed by atoms with E-state index in [1.165, 1.54) is 28.2 Å². The molecule has 1 aliphatic rings. The van der Waals surface area contributed by atoms with Gasteiger partial charge in [-0.15, -0.1) is 0 Å². The van der Waals surface area contributed by atoms with Gasteiger partial charge < -0.3 is 9.80 Å². The van der Waals surface area contributed by atoms with Crippen LogP contribution in [0.5, 0.6) is 0 Å². The Morgan fingerprint density at radius 1 is 1.00 bits per heavy atom. The zero-order valence-electron chi connectivity index (χ0n) is 16.5. The van der Waals surface area contributed by atoms with Gasteiger partial charge in [-0.25, -0.2) is 0 Å². The molecule has 28 heavy (non-hydrogen) atoms. The Hall–Kier alpha value is -3.07.